The number of nitrogens with zero attached hydrogens (tertiary/aromatic N) is 3. The highest BCUT2D eigenvalue weighted by Gasteiger charge is 2.18. The molecule has 2 aromatic rings. The molecule has 7 nitrogen and oxygen atoms in total. The lowest BCUT2D eigenvalue weighted by Crippen LogP contribution is -2.27. The van der Waals surface area contributed by atoms with Gasteiger partial charge in [0.05, 0.1) is 6.20 Å². The molecule has 0 unspecified atom stereocenters. The van der Waals surface area contributed by atoms with Gasteiger partial charge in [-0.2, -0.15) is 0 Å². The first-order valence-corrected chi connectivity index (χ1v) is 6.16. The van der Waals surface area contributed by atoms with Gasteiger partial charge in [-0.15, -0.1) is 0 Å². The third-order valence-electron chi connectivity index (χ3n) is 1.96. The van der Waals surface area contributed by atoms with Gasteiger partial charge in [0.2, 0.25) is 11.8 Å². The van der Waals surface area contributed by atoms with Gasteiger partial charge in [0.1, 0.15) is 22.7 Å². The molecule has 0 radical (unpaired) electrons. The summed E-state index contributed by atoms with van der Waals surface area (Å²) < 4.78 is 10.2. The van der Waals surface area contributed by atoms with Gasteiger partial charge in [0, 0.05) is 6.07 Å². The zero-order chi connectivity index (χ0) is 14.8. The molecule has 0 atom stereocenters. The SMILES string of the molecule is CC(C)(C)OC(=O)Nc1nc(Cl)cc(-c2ncco2)n1. The molecule has 0 aliphatic heterocycles. The number of hydrogen-bond acceptors (Lipinski definition) is 6. The van der Waals surface area contributed by atoms with Gasteiger partial charge < -0.3 is 9.15 Å². The van der Waals surface area contributed by atoms with Gasteiger partial charge in [0.25, 0.3) is 0 Å². The Balaban J connectivity index is 2.19. The molecular weight excluding hydrogens is 284 g/mol. The van der Waals surface area contributed by atoms with Crippen molar-refractivity contribution in [3.05, 3.63) is 23.7 Å². The molecule has 0 fully saturated rings. The maximum absolute atomic E-state index is 11.6. The zero-order valence-corrected chi connectivity index (χ0v) is 11.9. The number of nitrogens with one attached hydrogen (secondary N) is 1. The molecule has 20 heavy (non-hydrogen) atoms. The Bertz CT molecular complexity index is 608. The summed E-state index contributed by atoms with van der Waals surface area (Å²) in [4.78, 5) is 23.6. The number of carbonyl (C=O) groups is 1. The Morgan fingerprint density at radius 3 is 2.75 bits per heavy atom. The standard InChI is InChI=1S/C12H13ClN4O3/c1-12(2,3)20-11(18)17-10-15-7(6-8(13)16-10)9-14-4-5-19-9/h4-6H,1-3H3,(H,15,16,17,18). The first-order chi connectivity index (χ1) is 9.33. The summed E-state index contributed by atoms with van der Waals surface area (Å²) in [6, 6.07) is 1.48. The highest BCUT2D eigenvalue weighted by Crippen LogP contribution is 2.20. The number of amides is 1. The Morgan fingerprint density at radius 2 is 2.15 bits per heavy atom. The molecule has 0 saturated heterocycles. The van der Waals surface area contributed by atoms with E-state index in [2.05, 4.69) is 20.3 Å². The van der Waals surface area contributed by atoms with Crippen LogP contribution in [0.2, 0.25) is 5.15 Å². The van der Waals surface area contributed by atoms with Crippen molar-refractivity contribution in [2.24, 2.45) is 0 Å². The summed E-state index contributed by atoms with van der Waals surface area (Å²) in [6.45, 7) is 5.26. The third kappa shape index (κ3) is 3.92. The predicted octanol–water partition coefficient (Wildman–Crippen LogP) is 3.13. The van der Waals surface area contributed by atoms with E-state index in [4.69, 9.17) is 20.8 Å². The highest BCUT2D eigenvalue weighted by molar-refractivity contribution is 6.29. The van der Waals surface area contributed by atoms with Gasteiger partial charge >= 0.3 is 6.09 Å². The lowest BCUT2D eigenvalue weighted by Gasteiger charge is -2.19. The van der Waals surface area contributed by atoms with E-state index in [1.54, 1.807) is 20.8 Å². The van der Waals surface area contributed by atoms with Gasteiger partial charge in [-0.05, 0) is 20.8 Å². The first kappa shape index (κ1) is 14.3. The van der Waals surface area contributed by atoms with E-state index in [1.807, 2.05) is 0 Å². The topological polar surface area (TPSA) is 90.1 Å². The number of anilines is 1. The molecule has 0 aromatic carbocycles. The Labute approximate surface area is 120 Å². The number of oxazole rings is 1. The van der Waals surface area contributed by atoms with E-state index in [1.165, 1.54) is 18.5 Å². The average molecular weight is 297 g/mol. The second-order valence-electron chi connectivity index (χ2n) is 4.86. The molecule has 1 amide bonds. The van der Waals surface area contributed by atoms with Crippen molar-refractivity contribution in [2.75, 3.05) is 5.32 Å². The second kappa shape index (κ2) is 5.46. The summed E-state index contributed by atoms with van der Waals surface area (Å²) in [5.41, 5.74) is -0.255. The summed E-state index contributed by atoms with van der Waals surface area (Å²) in [7, 11) is 0. The van der Waals surface area contributed by atoms with Crippen LogP contribution in [-0.4, -0.2) is 26.6 Å². The van der Waals surface area contributed by atoms with Gasteiger partial charge in [-0.3, -0.25) is 5.32 Å². The Kier molecular flexibility index (Phi) is 3.89. The van der Waals surface area contributed by atoms with E-state index >= 15 is 0 Å². The van der Waals surface area contributed by atoms with E-state index in [0.717, 1.165) is 0 Å². The van der Waals surface area contributed by atoms with E-state index in [-0.39, 0.29) is 17.0 Å². The molecule has 2 heterocycles. The third-order valence-corrected chi connectivity index (χ3v) is 2.15. The highest BCUT2D eigenvalue weighted by atomic mass is 35.5. The van der Waals surface area contributed by atoms with Crippen molar-refractivity contribution in [3.8, 4) is 11.6 Å². The van der Waals surface area contributed by atoms with Crippen LogP contribution in [0.5, 0.6) is 0 Å². The minimum absolute atomic E-state index is 0.0138. The van der Waals surface area contributed by atoms with E-state index in [9.17, 15) is 4.79 Å². The van der Waals surface area contributed by atoms with Crippen molar-refractivity contribution >= 4 is 23.6 Å². The maximum Gasteiger partial charge on any atom is 0.414 e. The largest absolute Gasteiger partial charge is 0.444 e. The predicted molar refractivity (Wildman–Crippen MR) is 72.4 cm³/mol. The van der Waals surface area contributed by atoms with Crippen LogP contribution in [0, 0.1) is 0 Å². The van der Waals surface area contributed by atoms with Crippen LogP contribution >= 0.6 is 11.6 Å². The molecule has 0 bridgehead atoms. The minimum atomic E-state index is -0.668. The Hall–Kier alpha value is -2.15. The van der Waals surface area contributed by atoms with Crippen LogP contribution in [-0.2, 0) is 4.74 Å². The average Bonchev–Trinajstić information content (AvgIpc) is 2.78. The zero-order valence-electron chi connectivity index (χ0n) is 11.2. The van der Waals surface area contributed by atoms with Gasteiger partial charge in [0.15, 0.2) is 0 Å². The number of rotatable bonds is 2. The fourth-order valence-corrected chi connectivity index (χ4v) is 1.51. The number of halogens is 1. The van der Waals surface area contributed by atoms with Crippen LogP contribution in [0.1, 0.15) is 20.8 Å². The van der Waals surface area contributed by atoms with Crippen molar-refractivity contribution in [3.63, 3.8) is 0 Å². The number of ether oxygens (including phenoxy) is 1. The summed E-state index contributed by atoms with van der Waals surface area (Å²) in [6.07, 6.45) is 2.22. The van der Waals surface area contributed by atoms with Crippen LogP contribution < -0.4 is 5.32 Å². The lowest BCUT2D eigenvalue weighted by atomic mass is 10.2. The minimum Gasteiger partial charge on any atom is -0.444 e. The van der Waals surface area contributed by atoms with Crippen molar-refractivity contribution < 1.29 is 13.9 Å². The Morgan fingerprint density at radius 1 is 1.40 bits per heavy atom. The van der Waals surface area contributed by atoms with E-state index in [0.29, 0.717) is 5.69 Å². The van der Waals surface area contributed by atoms with Crippen molar-refractivity contribution in [2.45, 2.75) is 26.4 Å². The number of aromatic nitrogens is 3. The summed E-state index contributed by atoms with van der Waals surface area (Å²) in [5.74, 6) is 0.293. The van der Waals surface area contributed by atoms with Gasteiger partial charge in [-0.25, -0.2) is 19.7 Å². The van der Waals surface area contributed by atoms with Crippen LogP contribution in [0.25, 0.3) is 11.6 Å². The molecule has 2 aromatic heterocycles. The van der Waals surface area contributed by atoms with Crippen molar-refractivity contribution in [1.82, 2.24) is 15.0 Å². The van der Waals surface area contributed by atoms with Gasteiger partial charge in [-0.1, -0.05) is 11.6 Å². The van der Waals surface area contributed by atoms with Crippen LogP contribution in [0.15, 0.2) is 22.9 Å². The van der Waals surface area contributed by atoms with E-state index < -0.39 is 11.7 Å². The fraction of sp³-hybridized carbons (Fsp3) is 0.333. The summed E-state index contributed by atoms with van der Waals surface area (Å²) in [5, 5.41) is 2.56. The molecular formula is C12H13ClN4O3. The maximum atomic E-state index is 11.6. The first-order valence-electron chi connectivity index (χ1n) is 5.78. The molecule has 0 saturated carbocycles. The number of carbonyl (C=O) groups excluding carboxylic acids is 1. The molecule has 1 N–H and O–H groups in total. The normalized spacial score (nSPS) is 11.2. The molecule has 8 heteroatoms. The quantitative estimate of drug-likeness (QED) is 0.856. The molecule has 2 rings (SSSR count). The van der Waals surface area contributed by atoms with Crippen LogP contribution in [0.3, 0.4) is 0 Å². The number of hydrogen-bond donors (Lipinski definition) is 1. The molecule has 106 valence electrons. The lowest BCUT2D eigenvalue weighted by molar-refractivity contribution is 0.0634. The monoisotopic (exact) mass is 296 g/mol. The fourth-order valence-electron chi connectivity index (χ4n) is 1.33. The molecule has 0 aliphatic carbocycles. The summed E-state index contributed by atoms with van der Waals surface area (Å²) >= 11 is 5.87. The molecule has 0 aliphatic rings. The van der Waals surface area contributed by atoms with Crippen LogP contribution in [0.4, 0.5) is 10.7 Å². The van der Waals surface area contributed by atoms with Crippen molar-refractivity contribution in [1.29, 1.82) is 0 Å². The molecule has 0 spiro atoms. The second-order valence-corrected chi connectivity index (χ2v) is 5.25. The smallest absolute Gasteiger partial charge is 0.414 e.